The Morgan fingerprint density at radius 1 is 0.556 bits per heavy atom. The van der Waals surface area contributed by atoms with Gasteiger partial charge in [0.15, 0.2) is 6.10 Å². The first-order valence-electron chi connectivity index (χ1n) is 21.4. The van der Waals surface area contributed by atoms with Crippen molar-refractivity contribution in [2.45, 2.75) is 206 Å². The number of carboxylic acids is 1. The molecule has 0 aromatic rings. The minimum Gasteiger partial charge on any atom is -0.480 e. The van der Waals surface area contributed by atoms with E-state index in [2.05, 4.69) is 42.7 Å². The van der Waals surface area contributed by atoms with Crippen LogP contribution in [-0.2, 0) is 37.5 Å². The molecule has 11 nitrogen and oxygen atoms in total. The van der Waals surface area contributed by atoms with Crippen molar-refractivity contribution in [2.75, 3.05) is 19.8 Å². The van der Waals surface area contributed by atoms with Crippen molar-refractivity contribution in [3.63, 3.8) is 0 Å². The van der Waals surface area contributed by atoms with Gasteiger partial charge in [0.25, 0.3) is 0 Å². The van der Waals surface area contributed by atoms with Gasteiger partial charge in [0, 0.05) is 12.8 Å². The van der Waals surface area contributed by atoms with Gasteiger partial charge in [0.2, 0.25) is 0 Å². The number of phosphoric acid groups is 1. The molecule has 54 heavy (non-hydrogen) atoms. The summed E-state index contributed by atoms with van der Waals surface area (Å²) >= 11 is 0. The topological polar surface area (TPSA) is 172 Å². The summed E-state index contributed by atoms with van der Waals surface area (Å²) in [5.74, 6) is -2.39. The van der Waals surface area contributed by atoms with Crippen molar-refractivity contribution >= 4 is 25.7 Å². The fourth-order valence-electron chi connectivity index (χ4n) is 5.76. The van der Waals surface area contributed by atoms with Crippen LogP contribution >= 0.6 is 7.82 Å². The van der Waals surface area contributed by atoms with E-state index < -0.39 is 51.1 Å². The van der Waals surface area contributed by atoms with Crippen LogP contribution in [0.5, 0.6) is 0 Å². The largest absolute Gasteiger partial charge is 0.480 e. The van der Waals surface area contributed by atoms with E-state index in [1.54, 1.807) is 0 Å². The molecular weight excluding hydrogens is 709 g/mol. The molecule has 0 aromatic carbocycles. The van der Waals surface area contributed by atoms with E-state index >= 15 is 0 Å². The van der Waals surface area contributed by atoms with E-state index in [0.717, 1.165) is 77.0 Å². The third-order valence-corrected chi connectivity index (χ3v) is 10.1. The Hall–Kier alpha value is -2.04. The second kappa shape index (κ2) is 37.9. The molecule has 12 heteroatoms. The molecule has 0 heterocycles. The fourth-order valence-corrected chi connectivity index (χ4v) is 6.54. The molecule has 0 rings (SSSR count). The Bertz CT molecular complexity index is 1020. The number of esters is 2. The highest BCUT2D eigenvalue weighted by molar-refractivity contribution is 7.47. The molecule has 4 N–H and O–H groups in total. The molecule has 3 atom stereocenters. The predicted molar refractivity (Wildman–Crippen MR) is 217 cm³/mol. The van der Waals surface area contributed by atoms with Gasteiger partial charge in [0.05, 0.1) is 13.2 Å². The SMILES string of the molecule is CCCCCCCC/C=C\CCCCCCCC(=O)OC[C@H](COP(=O)(O)OC[C@H](N)C(=O)O)OC(=O)CCCCCCC/C=C\CCCCCCCC. The second-order valence-corrected chi connectivity index (χ2v) is 15.9. The van der Waals surface area contributed by atoms with Crippen LogP contribution in [0.4, 0.5) is 0 Å². The summed E-state index contributed by atoms with van der Waals surface area (Å²) in [5, 5.41) is 8.88. The van der Waals surface area contributed by atoms with Crippen LogP contribution in [0.1, 0.15) is 194 Å². The quantitative estimate of drug-likeness (QED) is 0.0233. The van der Waals surface area contributed by atoms with Crippen molar-refractivity contribution in [2.24, 2.45) is 5.73 Å². The second-order valence-electron chi connectivity index (χ2n) is 14.5. The summed E-state index contributed by atoms with van der Waals surface area (Å²) in [5.41, 5.74) is 5.33. The lowest BCUT2D eigenvalue weighted by Gasteiger charge is -2.20. The standard InChI is InChI=1S/C42H78NO10P/c1-3-5-7-9-11-13-15-17-19-21-23-25-27-29-31-33-40(44)50-35-38(36-51-54(48,49)52-37-39(43)42(46)47)53-41(45)34-32-30-28-26-24-22-20-18-16-14-12-10-8-6-4-2/h17-20,38-39H,3-16,21-37,43H2,1-2H3,(H,46,47)(H,48,49)/b19-17-,20-18-/t38-,39+/m1/s1. The number of ether oxygens (including phenoxy) is 2. The number of carbonyl (C=O) groups is 3. The lowest BCUT2D eigenvalue weighted by atomic mass is 10.1. The maximum Gasteiger partial charge on any atom is 0.472 e. The van der Waals surface area contributed by atoms with E-state index in [4.69, 9.17) is 24.8 Å². The first kappa shape index (κ1) is 52.0. The Labute approximate surface area is 328 Å². The number of unbranched alkanes of at least 4 members (excludes halogenated alkanes) is 22. The number of hydrogen-bond donors (Lipinski definition) is 3. The number of phosphoric ester groups is 1. The van der Waals surface area contributed by atoms with Crippen molar-refractivity contribution in [1.29, 1.82) is 0 Å². The van der Waals surface area contributed by atoms with E-state index in [1.807, 2.05) is 0 Å². The molecule has 0 saturated heterocycles. The molecular formula is C42H78NO10P. The van der Waals surface area contributed by atoms with Crippen LogP contribution in [0.25, 0.3) is 0 Å². The molecule has 316 valence electrons. The van der Waals surface area contributed by atoms with Crippen molar-refractivity contribution < 1.29 is 47.5 Å². The van der Waals surface area contributed by atoms with Crippen LogP contribution in [0.3, 0.4) is 0 Å². The minimum atomic E-state index is -4.71. The zero-order chi connectivity index (χ0) is 40.0. The maximum atomic E-state index is 12.6. The molecule has 0 bridgehead atoms. The van der Waals surface area contributed by atoms with Gasteiger partial charge in [-0.1, -0.05) is 141 Å². The van der Waals surface area contributed by atoms with Crippen molar-refractivity contribution in [1.82, 2.24) is 0 Å². The Balaban J connectivity index is 4.40. The molecule has 0 spiro atoms. The van der Waals surface area contributed by atoms with Gasteiger partial charge in [-0.15, -0.1) is 0 Å². The lowest BCUT2D eigenvalue weighted by Crippen LogP contribution is -2.34. The summed E-state index contributed by atoms with van der Waals surface area (Å²) < 4.78 is 32.6. The molecule has 0 fully saturated rings. The van der Waals surface area contributed by atoms with Gasteiger partial charge >= 0.3 is 25.7 Å². The van der Waals surface area contributed by atoms with E-state index in [9.17, 15) is 23.8 Å². The third kappa shape index (κ3) is 36.9. The van der Waals surface area contributed by atoms with Gasteiger partial charge in [-0.25, -0.2) is 4.57 Å². The van der Waals surface area contributed by atoms with E-state index in [0.29, 0.717) is 12.8 Å². The number of rotatable bonds is 40. The molecule has 0 aliphatic carbocycles. The monoisotopic (exact) mass is 788 g/mol. The van der Waals surface area contributed by atoms with E-state index in [-0.39, 0.29) is 19.4 Å². The minimum absolute atomic E-state index is 0.151. The number of hydrogen-bond acceptors (Lipinski definition) is 9. The molecule has 0 aliphatic rings. The number of aliphatic carboxylic acids is 1. The zero-order valence-electron chi connectivity index (χ0n) is 34.1. The third-order valence-electron chi connectivity index (χ3n) is 9.17. The van der Waals surface area contributed by atoms with Crippen LogP contribution in [0.15, 0.2) is 24.3 Å². The van der Waals surface area contributed by atoms with Gasteiger partial charge < -0.3 is 25.2 Å². The van der Waals surface area contributed by atoms with Gasteiger partial charge in [-0.2, -0.15) is 0 Å². The summed E-state index contributed by atoms with van der Waals surface area (Å²) in [4.78, 5) is 45.9. The Kier molecular flexibility index (Phi) is 36.4. The highest BCUT2D eigenvalue weighted by Gasteiger charge is 2.28. The smallest absolute Gasteiger partial charge is 0.472 e. The van der Waals surface area contributed by atoms with Gasteiger partial charge in [-0.3, -0.25) is 23.4 Å². The van der Waals surface area contributed by atoms with Crippen LogP contribution in [0.2, 0.25) is 0 Å². The number of carbonyl (C=O) groups excluding carboxylic acids is 2. The maximum absolute atomic E-state index is 12.6. The van der Waals surface area contributed by atoms with Crippen LogP contribution < -0.4 is 5.73 Å². The first-order valence-corrected chi connectivity index (χ1v) is 22.9. The Morgan fingerprint density at radius 2 is 0.926 bits per heavy atom. The summed E-state index contributed by atoms with van der Waals surface area (Å²) in [6.45, 7) is 2.78. The molecule has 0 saturated carbocycles. The molecule has 1 unspecified atom stereocenters. The summed E-state index contributed by atoms with van der Waals surface area (Å²) in [7, 11) is -4.71. The van der Waals surface area contributed by atoms with Crippen molar-refractivity contribution in [3.05, 3.63) is 24.3 Å². The van der Waals surface area contributed by atoms with Gasteiger partial charge in [0.1, 0.15) is 12.6 Å². The number of carboxylic acid groups (broad SMARTS) is 1. The summed E-state index contributed by atoms with van der Waals surface area (Å²) in [6.07, 6.45) is 38.1. The fraction of sp³-hybridized carbons (Fsp3) is 0.833. The first-order chi connectivity index (χ1) is 26.1. The highest BCUT2D eigenvalue weighted by Crippen LogP contribution is 2.43. The molecule has 0 amide bonds. The highest BCUT2D eigenvalue weighted by atomic mass is 31.2. The number of allylic oxidation sites excluding steroid dienone is 4. The summed E-state index contributed by atoms with van der Waals surface area (Å²) in [6, 6.07) is -1.52. The molecule has 0 radical (unpaired) electrons. The van der Waals surface area contributed by atoms with Crippen LogP contribution in [-0.4, -0.2) is 59.9 Å². The van der Waals surface area contributed by atoms with E-state index in [1.165, 1.54) is 77.0 Å². The predicted octanol–water partition coefficient (Wildman–Crippen LogP) is 11.1. The van der Waals surface area contributed by atoms with Gasteiger partial charge in [-0.05, 0) is 64.2 Å². The lowest BCUT2D eigenvalue weighted by molar-refractivity contribution is -0.161. The van der Waals surface area contributed by atoms with Crippen LogP contribution in [0, 0.1) is 0 Å². The number of nitrogens with two attached hydrogens (primary N) is 1. The average molecular weight is 788 g/mol. The Morgan fingerprint density at radius 3 is 1.35 bits per heavy atom. The molecule has 0 aromatic heterocycles. The molecule has 0 aliphatic heterocycles. The normalized spacial score (nSPS) is 14.0. The van der Waals surface area contributed by atoms with Crippen molar-refractivity contribution in [3.8, 4) is 0 Å². The average Bonchev–Trinajstić information content (AvgIpc) is 3.14. The zero-order valence-corrected chi connectivity index (χ0v) is 35.0.